The van der Waals surface area contributed by atoms with E-state index < -0.39 is 0 Å². The average molecular weight is 399 g/mol. The fourth-order valence-corrected chi connectivity index (χ4v) is 4.44. The molecule has 0 amide bonds. The van der Waals surface area contributed by atoms with Gasteiger partial charge < -0.3 is 8.98 Å². The summed E-state index contributed by atoms with van der Waals surface area (Å²) < 4.78 is 9.84. The van der Waals surface area contributed by atoms with E-state index in [4.69, 9.17) is 4.42 Å². The van der Waals surface area contributed by atoms with Crippen molar-refractivity contribution in [1.82, 2.24) is 19.3 Å². The third-order valence-electron chi connectivity index (χ3n) is 5.24. The van der Waals surface area contributed by atoms with Gasteiger partial charge in [0.25, 0.3) is 0 Å². The van der Waals surface area contributed by atoms with Gasteiger partial charge in [-0.2, -0.15) is 0 Å². The largest absolute Gasteiger partial charge is 0.467 e. The van der Waals surface area contributed by atoms with Crippen LogP contribution in [-0.2, 0) is 13.1 Å². The molecule has 0 aliphatic heterocycles. The number of hydrogen-bond donors (Lipinski definition) is 0. The maximum atomic E-state index is 12.9. The Bertz CT molecular complexity index is 967. The van der Waals surface area contributed by atoms with Crippen LogP contribution in [0.3, 0.4) is 0 Å². The number of rotatable bonds is 9. The Morgan fingerprint density at radius 1 is 1.29 bits per heavy atom. The number of furan rings is 1. The second-order valence-electron chi connectivity index (χ2n) is 7.43. The summed E-state index contributed by atoms with van der Waals surface area (Å²) in [7, 11) is 0. The lowest BCUT2D eigenvalue weighted by atomic mass is 10.2. The normalized spacial score (nSPS) is 14.0. The van der Waals surface area contributed by atoms with E-state index in [1.54, 1.807) is 6.26 Å². The van der Waals surface area contributed by atoms with Crippen LogP contribution in [0.5, 0.6) is 0 Å². The molecule has 0 aromatic carbocycles. The first-order chi connectivity index (χ1) is 13.6. The molecule has 0 bridgehead atoms. The summed E-state index contributed by atoms with van der Waals surface area (Å²) in [5, 5.41) is 9.57. The summed E-state index contributed by atoms with van der Waals surface area (Å²) in [6.07, 6.45) is 5.05. The predicted octanol–water partition coefficient (Wildman–Crippen LogP) is 4.60. The lowest BCUT2D eigenvalue weighted by Gasteiger charge is -2.09. The number of ketones is 1. The first kappa shape index (κ1) is 19.1. The Kier molecular flexibility index (Phi) is 5.44. The van der Waals surface area contributed by atoms with Crippen LogP contribution < -0.4 is 0 Å². The molecule has 0 atom stereocenters. The molecule has 0 radical (unpaired) electrons. The Hall–Kier alpha value is -2.28. The Labute approximate surface area is 169 Å². The van der Waals surface area contributed by atoms with Gasteiger partial charge in [0.05, 0.1) is 18.6 Å². The minimum Gasteiger partial charge on any atom is -0.467 e. The highest BCUT2D eigenvalue weighted by Crippen LogP contribution is 2.40. The zero-order chi connectivity index (χ0) is 19.7. The van der Waals surface area contributed by atoms with Crippen LogP contribution in [-0.4, -0.2) is 30.9 Å². The van der Waals surface area contributed by atoms with Crippen molar-refractivity contribution in [1.29, 1.82) is 0 Å². The van der Waals surface area contributed by atoms with E-state index >= 15 is 0 Å². The van der Waals surface area contributed by atoms with Crippen LogP contribution in [0.25, 0.3) is 0 Å². The summed E-state index contributed by atoms with van der Waals surface area (Å²) in [6.45, 7) is 7.80. The van der Waals surface area contributed by atoms with Crippen LogP contribution in [0.2, 0.25) is 0 Å². The van der Waals surface area contributed by atoms with E-state index in [2.05, 4.69) is 33.2 Å². The molecule has 1 aliphatic rings. The van der Waals surface area contributed by atoms with Crippen molar-refractivity contribution in [3.05, 3.63) is 53.0 Å². The van der Waals surface area contributed by atoms with Crippen LogP contribution in [0.15, 0.2) is 34.0 Å². The minimum absolute atomic E-state index is 0.140. The van der Waals surface area contributed by atoms with Crippen molar-refractivity contribution in [3.8, 4) is 0 Å². The zero-order valence-electron chi connectivity index (χ0n) is 16.6. The predicted molar refractivity (Wildman–Crippen MR) is 109 cm³/mol. The molecule has 0 spiro atoms. The van der Waals surface area contributed by atoms with Crippen molar-refractivity contribution in [3.63, 3.8) is 0 Å². The lowest BCUT2D eigenvalue weighted by Crippen LogP contribution is -2.09. The van der Waals surface area contributed by atoms with Gasteiger partial charge in [0.2, 0.25) is 0 Å². The number of aryl methyl sites for hydroxylation is 1. The number of carbonyl (C=O) groups excluding carboxylic acids is 1. The minimum atomic E-state index is 0.140. The monoisotopic (exact) mass is 398 g/mol. The van der Waals surface area contributed by atoms with Crippen molar-refractivity contribution in [2.75, 3.05) is 5.75 Å². The van der Waals surface area contributed by atoms with E-state index in [1.807, 2.05) is 25.1 Å². The molecule has 0 N–H and O–H groups in total. The number of hydrogen-bond acceptors (Lipinski definition) is 5. The molecule has 3 heterocycles. The number of aromatic nitrogens is 4. The number of carbonyl (C=O) groups is 1. The summed E-state index contributed by atoms with van der Waals surface area (Å²) >= 11 is 1.46. The second kappa shape index (κ2) is 7.99. The van der Waals surface area contributed by atoms with Gasteiger partial charge in [-0.15, -0.1) is 10.2 Å². The maximum Gasteiger partial charge on any atom is 0.192 e. The molecule has 3 aromatic rings. The van der Waals surface area contributed by atoms with Gasteiger partial charge >= 0.3 is 0 Å². The molecule has 1 fully saturated rings. The van der Waals surface area contributed by atoms with E-state index in [0.717, 1.165) is 59.5 Å². The standard InChI is InChI=1S/C21H26N4O2S/c1-4-9-24-14(2)11-18(15(24)3)19(26)13-28-21-23-22-20(16-7-8-16)25(21)12-17-6-5-10-27-17/h5-6,10-11,16H,4,7-9,12-13H2,1-3H3. The third kappa shape index (κ3) is 3.81. The summed E-state index contributed by atoms with van der Waals surface area (Å²) in [5.41, 5.74) is 3.02. The molecular weight excluding hydrogens is 372 g/mol. The van der Waals surface area contributed by atoms with Crippen LogP contribution in [0.1, 0.15) is 65.4 Å². The molecule has 148 valence electrons. The lowest BCUT2D eigenvalue weighted by molar-refractivity contribution is 0.102. The molecular formula is C21H26N4O2S. The smallest absolute Gasteiger partial charge is 0.192 e. The first-order valence-corrected chi connectivity index (χ1v) is 10.8. The fraction of sp³-hybridized carbons (Fsp3) is 0.476. The van der Waals surface area contributed by atoms with Crippen LogP contribution in [0.4, 0.5) is 0 Å². The number of Topliss-reactive ketones (excluding diaryl/α,β-unsaturated/α-hetero) is 1. The Morgan fingerprint density at radius 2 is 2.11 bits per heavy atom. The molecule has 3 aromatic heterocycles. The van der Waals surface area contributed by atoms with Gasteiger partial charge in [-0.05, 0) is 51.3 Å². The highest BCUT2D eigenvalue weighted by atomic mass is 32.2. The molecule has 1 saturated carbocycles. The van der Waals surface area contributed by atoms with Crippen molar-refractivity contribution in [2.24, 2.45) is 0 Å². The zero-order valence-corrected chi connectivity index (χ0v) is 17.5. The third-order valence-corrected chi connectivity index (χ3v) is 6.20. The van der Waals surface area contributed by atoms with Gasteiger partial charge in [-0.25, -0.2) is 0 Å². The molecule has 6 nitrogen and oxygen atoms in total. The summed E-state index contributed by atoms with van der Waals surface area (Å²) in [5.74, 6) is 2.86. The summed E-state index contributed by atoms with van der Waals surface area (Å²) in [6, 6.07) is 5.86. The van der Waals surface area contributed by atoms with Gasteiger partial charge in [0.15, 0.2) is 10.9 Å². The molecule has 0 unspecified atom stereocenters. The topological polar surface area (TPSA) is 65.8 Å². The number of nitrogens with zero attached hydrogens (tertiary/aromatic N) is 4. The summed E-state index contributed by atoms with van der Waals surface area (Å²) in [4.78, 5) is 12.9. The highest BCUT2D eigenvalue weighted by molar-refractivity contribution is 7.99. The Balaban J connectivity index is 1.50. The fourth-order valence-electron chi connectivity index (χ4n) is 3.62. The molecule has 1 aliphatic carbocycles. The van der Waals surface area contributed by atoms with E-state index in [1.165, 1.54) is 11.8 Å². The van der Waals surface area contributed by atoms with Crippen molar-refractivity contribution >= 4 is 17.5 Å². The highest BCUT2D eigenvalue weighted by Gasteiger charge is 2.31. The van der Waals surface area contributed by atoms with Gasteiger partial charge in [-0.1, -0.05) is 18.7 Å². The second-order valence-corrected chi connectivity index (χ2v) is 8.37. The van der Waals surface area contributed by atoms with E-state index in [9.17, 15) is 4.79 Å². The number of thioether (sulfide) groups is 1. The SMILES string of the molecule is CCCn1c(C)cc(C(=O)CSc2nnc(C3CC3)n2Cc2ccco2)c1C. The quantitative estimate of drug-likeness (QED) is 0.389. The van der Waals surface area contributed by atoms with Gasteiger partial charge in [-0.3, -0.25) is 9.36 Å². The van der Waals surface area contributed by atoms with E-state index in [0.29, 0.717) is 18.2 Å². The van der Waals surface area contributed by atoms with Crippen molar-refractivity contribution < 1.29 is 9.21 Å². The molecule has 0 saturated heterocycles. The van der Waals surface area contributed by atoms with Crippen LogP contribution in [0, 0.1) is 13.8 Å². The Morgan fingerprint density at radius 3 is 2.79 bits per heavy atom. The molecule has 28 heavy (non-hydrogen) atoms. The first-order valence-electron chi connectivity index (χ1n) is 9.86. The molecule has 4 rings (SSSR count). The van der Waals surface area contributed by atoms with Crippen LogP contribution >= 0.6 is 11.8 Å². The van der Waals surface area contributed by atoms with Gasteiger partial charge in [0.1, 0.15) is 11.6 Å². The average Bonchev–Trinajstić information content (AvgIpc) is 3.12. The van der Waals surface area contributed by atoms with Gasteiger partial charge in [0, 0.05) is 29.4 Å². The molecule has 7 heteroatoms. The maximum absolute atomic E-state index is 12.9. The van der Waals surface area contributed by atoms with Crippen molar-refractivity contribution in [2.45, 2.75) is 64.2 Å². The van der Waals surface area contributed by atoms with E-state index in [-0.39, 0.29) is 5.78 Å².